The molecule has 6 heteroatoms. The molecule has 0 spiro atoms. The smallest absolute Gasteiger partial charge is 0.311 e. The van der Waals surface area contributed by atoms with Gasteiger partial charge in [-0.3, -0.25) is 14.4 Å². The molecule has 1 heterocycles. The van der Waals surface area contributed by atoms with E-state index in [0.29, 0.717) is 24.7 Å². The summed E-state index contributed by atoms with van der Waals surface area (Å²) in [4.78, 5) is 33.3. The van der Waals surface area contributed by atoms with Gasteiger partial charge in [0.15, 0.2) is 11.5 Å². The van der Waals surface area contributed by atoms with Crippen molar-refractivity contribution in [2.75, 3.05) is 13.2 Å². The van der Waals surface area contributed by atoms with Crippen molar-refractivity contribution in [2.24, 2.45) is 0 Å². The molecular formula is C12H10O6. The summed E-state index contributed by atoms with van der Waals surface area (Å²) in [6.45, 7) is 0.798. The second kappa shape index (κ2) is 4.87. The summed E-state index contributed by atoms with van der Waals surface area (Å²) < 4.78 is 10.5. The average molecular weight is 250 g/mol. The lowest BCUT2D eigenvalue weighted by molar-refractivity contribution is -0.139. The highest BCUT2D eigenvalue weighted by molar-refractivity contribution is 6.45. The number of hydrogen-bond acceptors (Lipinski definition) is 5. The van der Waals surface area contributed by atoms with Crippen molar-refractivity contribution in [2.45, 2.75) is 6.42 Å². The van der Waals surface area contributed by atoms with Crippen molar-refractivity contribution in [1.29, 1.82) is 0 Å². The van der Waals surface area contributed by atoms with Crippen LogP contribution in [0.3, 0.4) is 0 Å². The molecule has 0 amide bonds. The Morgan fingerprint density at radius 2 is 1.78 bits per heavy atom. The summed E-state index contributed by atoms with van der Waals surface area (Å²) in [7, 11) is 0. The van der Waals surface area contributed by atoms with Crippen molar-refractivity contribution in [3.05, 3.63) is 23.8 Å². The van der Waals surface area contributed by atoms with Crippen molar-refractivity contribution < 1.29 is 29.0 Å². The summed E-state index contributed by atoms with van der Waals surface area (Å²) in [6.07, 6.45) is -0.812. The Labute approximate surface area is 102 Å². The molecule has 1 aliphatic rings. The van der Waals surface area contributed by atoms with E-state index in [-0.39, 0.29) is 5.56 Å². The number of Topliss-reactive ketones (excluding diaryl/α,β-unsaturated/α-hetero) is 2. The molecule has 0 saturated carbocycles. The van der Waals surface area contributed by atoms with Gasteiger partial charge in [0.05, 0.1) is 0 Å². The lowest BCUT2D eigenvalue weighted by Crippen LogP contribution is -2.19. The van der Waals surface area contributed by atoms with Crippen LogP contribution in [0.15, 0.2) is 18.2 Å². The number of carboxylic acid groups (broad SMARTS) is 1. The van der Waals surface area contributed by atoms with E-state index in [0.717, 1.165) is 0 Å². The molecule has 0 unspecified atom stereocenters. The number of ether oxygens (including phenoxy) is 2. The van der Waals surface area contributed by atoms with Gasteiger partial charge in [0, 0.05) is 5.56 Å². The van der Waals surface area contributed by atoms with Crippen LogP contribution in [-0.4, -0.2) is 35.9 Å². The van der Waals surface area contributed by atoms with Crippen LogP contribution in [-0.2, 0) is 9.59 Å². The van der Waals surface area contributed by atoms with E-state index in [1.807, 2.05) is 0 Å². The first-order valence-corrected chi connectivity index (χ1v) is 5.27. The van der Waals surface area contributed by atoms with Crippen molar-refractivity contribution in [3.8, 4) is 11.5 Å². The maximum Gasteiger partial charge on any atom is 0.311 e. The molecule has 1 aromatic rings. The molecule has 6 nitrogen and oxygen atoms in total. The Bertz CT molecular complexity index is 519. The van der Waals surface area contributed by atoms with Gasteiger partial charge in [-0.2, -0.15) is 0 Å². The number of aliphatic carboxylic acids is 1. The molecular weight excluding hydrogens is 240 g/mol. The lowest BCUT2D eigenvalue weighted by Gasteiger charge is -2.18. The highest BCUT2D eigenvalue weighted by atomic mass is 16.6. The predicted octanol–water partition coefficient (Wildman–Crippen LogP) is 0.684. The average Bonchev–Trinajstić information content (AvgIpc) is 2.36. The van der Waals surface area contributed by atoms with E-state index in [1.165, 1.54) is 18.2 Å². The molecule has 0 fully saturated rings. The van der Waals surface area contributed by atoms with Gasteiger partial charge in [-0.1, -0.05) is 0 Å². The van der Waals surface area contributed by atoms with E-state index < -0.39 is 24.0 Å². The number of carboxylic acids is 1. The molecule has 0 aromatic heterocycles. The highest BCUT2D eigenvalue weighted by Crippen LogP contribution is 2.30. The SMILES string of the molecule is O=C(O)CC(=O)C(=O)c1ccc2c(c1)OCCO2. The number of carbonyl (C=O) groups is 3. The minimum Gasteiger partial charge on any atom is -0.486 e. The van der Waals surface area contributed by atoms with E-state index >= 15 is 0 Å². The highest BCUT2D eigenvalue weighted by Gasteiger charge is 2.21. The first kappa shape index (κ1) is 12.1. The molecule has 0 bridgehead atoms. The van der Waals surface area contributed by atoms with Gasteiger partial charge in [-0.05, 0) is 18.2 Å². The first-order valence-electron chi connectivity index (χ1n) is 5.27. The van der Waals surface area contributed by atoms with E-state index in [9.17, 15) is 14.4 Å². The summed E-state index contributed by atoms with van der Waals surface area (Å²) in [5.41, 5.74) is 0.102. The second-order valence-corrected chi connectivity index (χ2v) is 3.68. The zero-order chi connectivity index (χ0) is 13.1. The largest absolute Gasteiger partial charge is 0.486 e. The van der Waals surface area contributed by atoms with E-state index in [4.69, 9.17) is 14.6 Å². The molecule has 0 radical (unpaired) electrons. The molecule has 0 aliphatic carbocycles. The van der Waals surface area contributed by atoms with Crippen LogP contribution in [0.5, 0.6) is 11.5 Å². The van der Waals surface area contributed by atoms with Gasteiger partial charge in [0.1, 0.15) is 19.6 Å². The molecule has 2 rings (SSSR count). The topological polar surface area (TPSA) is 89.9 Å². The third kappa shape index (κ3) is 2.48. The standard InChI is InChI=1S/C12H10O6/c13-8(6-11(14)15)12(16)7-1-2-9-10(5-7)18-4-3-17-9/h1-2,5H,3-4,6H2,(H,14,15). The molecule has 1 N–H and O–H groups in total. The Balaban J connectivity index is 2.21. The zero-order valence-electron chi connectivity index (χ0n) is 9.34. The minimum atomic E-state index is -1.33. The number of ketones is 2. The molecule has 0 atom stereocenters. The third-order valence-electron chi connectivity index (χ3n) is 2.37. The van der Waals surface area contributed by atoms with Crippen LogP contribution in [0.25, 0.3) is 0 Å². The monoisotopic (exact) mass is 250 g/mol. The van der Waals surface area contributed by atoms with Crippen LogP contribution < -0.4 is 9.47 Å². The summed E-state index contributed by atoms with van der Waals surface area (Å²) in [5.74, 6) is -2.24. The lowest BCUT2D eigenvalue weighted by atomic mass is 10.0. The fraction of sp³-hybridized carbons (Fsp3) is 0.250. The maximum atomic E-state index is 11.7. The van der Waals surface area contributed by atoms with Gasteiger partial charge in [0.2, 0.25) is 11.6 Å². The number of carbonyl (C=O) groups excluding carboxylic acids is 2. The van der Waals surface area contributed by atoms with Crippen LogP contribution >= 0.6 is 0 Å². The molecule has 1 aromatic carbocycles. The zero-order valence-corrected chi connectivity index (χ0v) is 9.34. The number of fused-ring (bicyclic) bond motifs is 1. The van der Waals surface area contributed by atoms with E-state index in [1.54, 1.807) is 0 Å². The summed E-state index contributed by atoms with van der Waals surface area (Å²) in [6, 6.07) is 4.32. The number of rotatable bonds is 4. The second-order valence-electron chi connectivity index (χ2n) is 3.68. The van der Waals surface area contributed by atoms with E-state index in [2.05, 4.69) is 0 Å². The Hall–Kier alpha value is -2.37. The van der Waals surface area contributed by atoms with Gasteiger partial charge >= 0.3 is 5.97 Å². The minimum absolute atomic E-state index is 0.102. The van der Waals surface area contributed by atoms with Gasteiger partial charge < -0.3 is 14.6 Å². The first-order chi connectivity index (χ1) is 8.58. The molecule has 1 aliphatic heterocycles. The molecule has 94 valence electrons. The van der Waals surface area contributed by atoms with Crippen LogP contribution in [0, 0.1) is 0 Å². The number of benzene rings is 1. The van der Waals surface area contributed by atoms with Crippen molar-refractivity contribution in [1.82, 2.24) is 0 Å². The Kier molecular flexibility index (Phi) is 3.27. The van der Waals surface area contributed by atoms with Gasteiger partial charge in [-0.25, -0.2) is 0 Å². The predicted molar refractivity (Wildman–Crippen MR) is 59.0 cm³/mol. The van der Waals surface area contributed by atoms with Gasteiger partial charge in [-0.15, -0.1) is 0 Å². The summed E-state index contributed by atoms with van der Waals surface area (Å²) >= 11 is 0. The fourth-order valence-electron chi connectivity index (χ4n) is 1.56. The van der Waals surface area contributed by atoms with Crippen LogP contribution in [0.1, 0.15) is 16.8 Å². The maximum absolute atomic E-state index is 11.7. The van der Waals surface area contributed by atoms with Crippen LogP contribution in [0.4, 0.5) is 0 Å². The van der Waals surface area contributed by atoms with Crippen molar-refractivity contribution >= 4 is 17.5 Å². The third-order valence-corrected chi connectivity index (χ3v) is 2.37. The Morgan fingerprint density at radius 3 is 2.44 bits per heavy atom. The van der Waals surface area contributed by atoms with Crippen molar-refractivity contribution in [3.63, 3.8) is 0 Å². The molecule has 18 heavy (non-hydrogen) atoms. The molecule has 0 saturated heterocycles. The fourth-order valence-corrected chi connectivity index (χ4v) is 1.56. The quantitative estimate of drug-likeness (QED) is 0.480. The summed E-state index contributed by atoms with van der Waals surface area (Å²) in [5, 5.41) is 8.45. The normalized spacial score (nSPS) is 12.9. The van der Waals surface area contributed by atoms with Gasteiger partial charge in [0.25, 0.3) is 0 Å². The van der Waals surface area contributed by atoms with Crippen LogP contribution in [0.2, 0.25) is 0 Å². The Morgan fingerprint density at radius 1 is 1.11 bits per heavy atom. The number of hydrogen-bond donors (Lipinski definition) is 1.